The number of nitrogens with one attached hydrogen (secondary N) is 3. The van der Waals surface area contributed by atoms with E-state index >= 15 is 0 Å². The van der Waals surface area contributed by atoms with Crippen LogP contribution in [0.15, 0.2) is 40.0 Å². The fourth-order valence-electron chi connectivity index (χ4n) is 3.65. The second kappa shape index (κ2) is 12.3. The number of nitrogen functional groups attached to an aromatic ring is 1. The molecule has 0 unspecified atom stereocenters. The van der Waals surface area contributed by atoms with Crippen molar-refractivity contribution in [2.24, 2.45) is 5.16 Å². The summed E-state index contributed by atoms with van der Waals surface area (Å²) in [6.45, 7) is 1.68. The van der Waals surface area contributed by atoms with Crippen LogP contribution in [-0.2, 0) is 29.5 Å². The predicted molar refractivity (Wildman–Crippen MR) is 152 cm³/mol. The SMILES string of the molecule is CC(C)(ON=C(C(=O)N[C@@H]1C(=O)N(S(=O)(=O)O)[C@H]1CNC(=O)c1cnc(-c2cc(=O)c(O)c[nH]2)nc1)c1csc(N)n1)C(=O)O. The minimum absolute atomic E-state index is 0.00336. The van der Waals surface area contributed by atoms with Crippen LogP contribution in [0.1, 0.15) is 29.9 Å². The lowest BCUT2D eigenvalue weighted by molar-refractivity contribution is -0.161. The third kappa shape index (κ3) is 7.02. The summed E-state index contributed by atoms with van der Waals surface area (Å²) in [5, 5.41) is 28.1. The number of aromatic amines is 1. The Morgan fingerprint density at radius 2 is 1.91 bits per heavy atom. The Labute approximate surface area is 255 Å². The Hall–Kier alpha value is -5.48. The topological polar surface area (TPSA) is 310 Å². The van der Waals surface area contributed by atoms with Crippen LogP contribution >= 0.6 is 11.3 Å². The van der Waals surface area contributed by atoms with Gasteiger partial charge in [-0.1, -0.05) is 5.16 Å². The summed E-state index contributed by atoms with van der Waals surface area (Å²) in [7, 11) is -5.13. The molecule has 22 heteroatoms. The number of nitrogens with zero attached hydrogens (tertiary/aromatic N) is 5. The van der Waals surface area contributed by atoms with E-state index in [9.17, 15) is 47.2 Å². The Morgan fingerprint density at radius 3 is 2.47 bits per heavy atom. The molecule has 4 heterocycles. The number of carboxylic acids is 1. The number of carbonyl (C=O) groups excluding carboxylic acids is 3. The summed E-state index contributed by atoms with van der Waals surface area (Å²) >= 11 is 0.906. The number of thiazole rings is 1. The standard InChI is InChI=1S/C23H23N9O11S2/c1-23(2,21(38)39)43-31-15(11-8-44-22(24)29-11)19(36)30-16-12(32(20(16)37)45(40,41)42)6-28-18(35)9-4-26-17(27-5-9)10-3-13(33)14(34)7-25-10/h3-5,7-8,12,16,34H,6H2,1-2H3,(H2,24,29)(H,25,33)(H,28,35)(H,30,36)(H,38,39)(H,40,41,42)/t12-,16-/m0/s1. The van der Waals surface area contributed by atoms with Crippen LogP contribution in [0, 0.1) is 0 Å². The number of hydrogen-bond acceptors (Lipinski definition) is 15. The smallest absolute Gasteiger partial charge is 0.362 e. The van der Waals surface area contributed by atoms with Gasteiger partial charge in [-0.15, -0.1) is 11.3 Å². The molecule has 1 saturated heterocycles. The number of hydrogen-bond donors (Lipinski definition) is 7. The highest BCUT2D eigenvalue weighted by Gasteiger charge is 2.54. The van der Waals surface area contributed by atoms with Crippen molar-refractivity contribution < 1.29 is 47.2 Å². The van der Waals surface area contributed by atoms with Crippen LogP contribution in [0.3, 0.4) is 0 Å². The van der Waals surface area contributed by atoms with Crippen molar-refractivity contribution in [3.63, 3.8) is 0 Å². The normalized spacial score (nSPS) is 16.9. The fourth-order valence-corrected chi connectivity index (χ4v) is 5.08. The zero-order chi connectivity index (χ0) is 33.3. The molecule has 3 aromatic rings. The minimum atomic E-state index is -5.13. The van der Waals surface area contributed by atoms with Crippen molar-refractivity contribution >= 4 is 56.2 Å². The molecule has 0 aliphatic carbocycles. The molecule has 238 valence electrons. The Morgan fingerprint density at radius 1 is 1.24 bits per heavy atom. The van der Waals surface area contributed by atoms with Crippen LogP contribution in [0.5, 0.6) is 5.75 Å². The second-order valence-electron chi connectivity index (χ2n) is 9.65. The van der Waals surface area contributed by atoms with Gasteiger partial charge >= 0.3 is 16.3 Å². The molecule has 1 fully saturated rings. The molecule has 20 nitrogen and oxygen atoms in total. The Bertz CT molecular complexity index is 1870. The number of oxime groups is 1. The molecular formula is C23H23N9O11S2. The van der Waals surface area contributed by atoms with Gasteiger partial charge in [0, 0.05) is 36.6 Å². The van der Waals surface area contributed by atoms with Gasteiger partial charge in [-0.25, -0.2) is 24.1 Å². The number of β-lactam (4-membered cyclic amide) rings is 1. The summed E-state index contributed by atoms with van der Waals surface area (Å²) in [5.41, 5.74) is 2.29. The number of pyridine rings is 1. The molecule has 0 aromatic carbocycles. The van der Waals surface area contributed by atoms with Crippen molar-refractivity contribution in [3.8, 4) is 17.3 Å². The van der Waals surface area contributed by atoms with Crippen molar-refractivity contribution in [2.75, 3.05) is 12.3 Å². The van der Waals surface area contributed by atoms with Gasteiger partial charge in [0.1, 0.15) is 11.7 Å². The number of H-pyrrole nitrogens is 1. The van der Waals surface area contributed by atoms with Gasteiger partial charge in [0.25, 0.3) is 17.7 Å². The van der Waals surface area contributed by atoms with Crippen molar-refractivity contribution in [1.82, 2.24) is 34.9 Å². The van der Waals surface area contributed by atoms with E-state index < -0.39 is 75.1 Å². The van der Waals surface area contributed by atoms with Crippen LogP contribution in [-0.4, -0.2) is 101 Å². The Balaban J connectivity index is 1.51. The molecule has 1 aliphatic heterocycles. The molecule has 45 heavy (non-hydrogen) atoms. The first-order valence-electron chi connectivity index (χ1n) is 12.3. The lowest BCUT2D eigenvalue weighted by Gasteiger charge is -2.44. The number of aromatic nitrogens is 4. The summed E-state index contributed by atoms with van der Waals surface area (Å²) < 4.78 is 33.4. The zero-order valence-corrected chi connectivity index (χ0v) is 24.6. The van der Waals surface area contributed by atoms with Gasteiger partial charge in [-0.05, 0) is 13.8 Å². The van der Waals surface area contributed by atoms with E-state index in [0.717, 1.165) is 49.8 Å². The number of anilines is 1. The van der Waals surface area contributed by atoms with E-state index in [1.54, 1.807) is 0 Å². The summed E-state index contributed by atoms with van der Waals surface area (Å²) in [4.78, 5) is 81.1. The van der Waals surface area contributed by atoms with E-state index in [1.165, 1.54) is 5.38 Å². The molecule has 4 rings (SSSR count). The van der Waals surface area contributed by atoms with Crippen LogP contribution in [0.25, 0.3) is 11.5 Å². The molecule has 3 aromatic heterocycles. The van der Waals surface area contributed by atoms with Gasteiger partial charge in [0.15, 0.2) is 22.4 Å². The number of aromatic hydroxyl groups is 1. The van der Waals surface area contributed by atoms with E-state index in [0.29, 0.717) is 0 Å². The van der Waals surface area contributed by atoms with Gasteiger partial charge in [-0.2, -0.15) is 8.42 Å². The molecule has 0 bridgehead atoms. The van der Waals surface area contributed by atoms with E-state index in [2.05, 4.69) is 35.7 Å². The van der Waals surface area contributed by atoms with Crippen LogP contribution < -0.4 is 21.8 Å². The minimum Gasteiger partial charge on any atom is -0.503 e. The van der Waals surface area contributed by atoms with Gasteiger partial charge in [0.05, 0.1) is 17.3 Å². The second-order valence-corrected chi connectivity index (χ2v) is 11.8. The molecule has 0 radical (unpaired) electrons. The van der Waals surface area contributed by atoms with Crippen molar-refractivity contribution in [3.05, 3.63) is 51.5 Å². The predicted octanol–water partition coefficient (Wildman–Crippen LogP) is -1.91. The van der Waals surface area contributed by atoms with Crippen LogP contribution in [0.2, 0.25) is 0 Å². The van der Waals surface area contributed by atoms with Gasteiger partial charge in [-0.3, -0.25) is 23.7 Å². The maximum atomic E-state index is 13.2. The van der Waals surface area contributed by atoms with E-state index in [4.69, 9.17) is 10.6 Å². The lowest BCUT2D eigenvalue weighted by Crippen LogP contribution is -2.74. The zero-order valence-electron chi connectivity index (χ0n) is 23.0. The summed E-state index contributed by atoms with van der Waals surface area (Å²) in [6, 6.07) is -2.12. The number of carboxylic acid groups (broad SMARTS) is 1. The Kier molecular flexibility index (Phi) is 8.83. The first-order valence-corrected chi connectivity index (χ1v) is 14.6. The largest absolute Gasteiger partial charge is 0.503 e. The third-order valence-electron chi connectivity index (χ3n) is 6.08. The fraction of sp³-hybridized carbons (Fsp3) is 0.261. The summed E-state index contributed by atoms with van der Waals surface area (Å²) in [6.07, 6.45) is 3.19. The monoisotopic (exact) mass is 665 g/mol. The van der Waals surface area contributed by atoms with Crippen LogP contribution in [0.4, 0.5) is 5.13 Å². The number of carbonyl (C=O) groups is 4. The average molecular weight is 666 g/mol. The maximum Gasteiger partial charge on any atom is 0.362 e. The third-order valence-corrected chi connectivity index (χ3v) is 7.70. The maximum absolute atomic E-state index is 13.2. The molecular weight excluding hydrogens is 642 g/mol. The average Bonchev–Trinajstić information content (AvgIpc) is 3.39. The summed E-state index contributed by atoms with van der Waals surface area (Å²) in [5.74, 6) is -5.20. The quantitative estimate of drug-likeness (QED) is 0.0508. The number of rotatable bonds is 11. The van der Waals surface area contributed by atoms with Crippen molar-refractivity contribution in [2.45, 2.75) is 31.5 Å². The van der Waals surface area contributed by atoms with Gasteiger partial charge < -0.3 is 36.4 Å². The number of nitrogens with two attached hydrogens (primary N) is 1. The molecule has 3 amide bonds. The van der Waals surface area contributed by atoms with E-state index in [1.807, 2.05) is 0 Å². The highest BCUT2D eigenvalue weighted by molar-refractivity contribution is 7.84. The van der Waals surface area contributed by atoms with Gasteiger partial charge in [0.2, 0.25) is 11.0 Å². The van der Waals surface area contributed by atoms with Crippen molar-refractivity contribution in [1.29, 1.82) is 0 Å². The number of amides is 3. The molecule has 8 N–H and O–H groups in total. The molecule has 1 aliphatic rings. The molecule has 2 atom stereocenters. The molecule has 0 spiro atoms. The van der Waals surface area contributed by atoms with E-state index in [-0.39, 0.29) is 32.2 Å². The molecule has 0 saturated carbocycles. The first-order chi connectivity index (χ1) is 21.0. The first kappa shape index (κ1) is 32.4. The highest BCUT2D eigenvalue weighted by atomic mass is 32.2. The highest BCUT2D eigenvalue weighted by Crippen LogP contribution is 2.24. The number of aliphatic carboxylic acids is 1. The lowest BCUT2D eigenvalue weighted by atomic mass is 9.98.